The van der Waals surface area contributed by atoms with Gasteiger partial charge in [-0.15, -0.1) is 0 Å². The average molecular weight is 381 g/mol. The predicted molar refractivity (Wildman–Crippen MR) is 110 cm³/mol. The Kier molecular flexibility index (Phi) is 8.21. The Hall–Kier alpha value is -3.15. The molecular weight excluding hydrogens is 354 g/mol. The van der Waals surface area contributed by atoms with Crippen LogP contribution in [0.5, 0.6) is 0 Å². The Morgan fingerprint density at radius 3 is 2.25 bits per heavy atom. The van der Waals surface area contributed by atoms with Gasteiger partial charge < -0.3 is 15.5 Å². The Balaban J connectivity index is 1.79. The molecule has 28 heavy (non-hydrogen) atoms. The molecule has 0 atom stereocenters. The maximum absolute atomic E-state index is 12.4. The number of nitrogens with zero attached hydrogens (tertiary/aromatic N) is 1. The molecule has 0 saturated heterocycles. The lowest BCUT2D eigenvalue weighted by Gasteiger charge is -2.19. The van der Waals surface area contributed by atoms with Gasteiger partial charge in [0.25, 0.3) is 11.8 Å². The van der Waals surface area contributed by atoms with E-state index in [0.29, 0.717) is 42.9 Å². The molecule has 6 nitrogen and oxygen atoms in total. The van der Waals surface area contributed by atoms with Crippen molar-refractivity contribution in [1.82, 2.24) is 10.2 Å². The van der Waals surface area contributed by atoms with Crippen LogP contribution in [0.3, 0.4) is 0 Å². The smallest absolute Gasteiger partial charge is 0.253 e. The van der Waals surface area contributed by atoms with E-state index in [2.05, 4.69) is 10.6 Å². The predicted octanol–water partition coefficient (Wildman–Crippen LogP) is 3.32. The van der Waals surface area contributed by atoms with E-state index >= 15 is 0 Å². The lowest BCUT2D eigenvalue weighted by atomic mass is 10.1. The van der Waals surface area contributed by atoms with E-state index in [-0.39, 0.29) is 24.1 Å². The van der Waals surface area contributed by atoms with E-state index in [4.69, 9.17) is 0 Å². The average Bonchev–Trinajstić information content (AvgIpc) is 2.72. The second-order valence-electron chi connectivity index (χ2n) is 6.33. The molecule has 0 aliphatic rings. The van der Waals surface area contributed by atoms with Crippen LogP contribution in [0.2, 0.25) is 0 Å². The first-order chi connectivity index (χ1) is 13.5. The lowest BCUT2D eigenvalue weighted by molar-refractivity contribution is -0.116. The minimum atomic E-state index is -0.151. The summed E-state index contributed by atoms with van der Waals surface area (Å²) >= 11 is 0. The van der Waals surface area contributed by atoms with Crippen molar-refractivity contribution in [3.8, 4) is 0 Å². The van der Waals surface area contributed by atoms with Crippen molar-refractivity contribution in [2.45, 2.75) is 26.7 Å². The first-order valence-corrected chi connectivity index (χ1v) is 9.57. The summed E-state index contributed by atoms with van der Waals surface area (Å²) in [5.41, 5.74) is 1.74. The summed E-state index contributed by atoms with van der Waals surface area (Å²) in [4.78, 5) is 38.2. The molecule has 0 aliphatic heterocycles. The summed E-state index contributed by atoms with van der Waals surface area (Å²) in [7, 11) is 0. The van der Waals surface area contributed by atoms with Crippen LogP contribution < -0.4 is 10.6 Å². The van der Waals surface area contributed by atoms with E-state index in [0.717, 1.165) is 0 Å². The first-order valence-electron chi connectivity index (χ1n) is 9.57. The SMILES string of the molecule is CCN(CC)C(=O)c1cccc(NC(=O)CCCNC(=O)c2ccccc2)c1. The highest BCUT2D eigenvalue weighted by atomic mass is 16.2. The van der Waals surface area contributed by atoms with E-state index in [1.165, 1.54) is 0 Å². The number of nitrogens with one attached hydrogen (secondary N) is 2. The number of anilines is 1. The van der Waals surface area contributed by atoms with E-state index in [9.17, 15) is 14.4 Å². The molecule has 0 fully saturated rings. The summed E-state index contributed by atoms with van der Waals surface area (Å²) in [5, 5.41) is 5.61. The standard InChI is InChI=1S/C22H27N3O3/c1-3-25(4-2)22(28)18-12-8-13-19(16-18)24-20(26)14-9-15-23-21(27)17-10-6-5-7-11-17/h5-8,10-13,16H,3-4,9,14-15H2,1-2H3,(H,23,27)(H,24,26). The highest BCUT2D eigenvalue weighted by Crippen LogP contribution is 2.13. The second kappa shape index (κ2) is 10.9. The molecule has 0 heterocycles. The maximum Gasteiger partial charge on any atom is 0.253 e. The van der Waals surface area contributed by atoms with Gasteiger partial charge in [-0.3, -0.25) is 14.4 Å². The fourth-order valence-electron chi connectivity index (χ4n) is 2.79. The zero-order valence-electron chi connectivity index (χ0n) is 16.4. The summed E-state index contributed by atoms with van der Waals surface area (Å²) in [6.45, 7) is 5.57. The van der Waals surface area contributed by atoms with Gasteiger partial charge in [-0.1, -0.05) is 24.3 Å². The second-order valence-corrected chi connectivity index (χ2v) is 6.33. The number of rotatable bonds is 9. The van der Waals surface area contributed by atoms with Crippen LogP contribution >= 0.6 is 0 Å². The van der Waals surface area contributed by atoms with Gasteiger partial charge in [-0.25, -0.2) is 0 Å². The molecule has 148 valence electrons. The van der Waals surface area contributed by atoms with E-state index in [1.54, 1.807) is 41.3 Å². The monoisotopic (exact) mass is 381 g/mol. The van der Waals surface area contributed by atoms with Crippen LogP contribution in [0, 0.1) is 0 Å². The van der Waals surface area contributed by atoms with Crippen LogP contribution in [-0.4, -0.2) is 42.3 Å². The molecule has 3 amide bonds. The molecule has 0 unspecified atom stereocenters. The summed E-state index contributed by atoms with van der Waals surface area (Å²) in [6.07, 6.45) is 0.811. The highest BCUT2D eigenvalue weighted by molar-refractivity contribution is 5.97. The van der Waals surface area contributed by atoms with Gasteiger partial charge in [0.05, 0.1) is 0 Å². The van der Waals surface area contributed by atoms with Gasteiger partial charge >= 0.3 is 0 Å². The number of hydrogen-bond acceptors (Lipinski definition) is 3. The zero-order chi connectivity index (χ0) is 20.4. The molecular formula is C22H27N3O3. The number of carbonyl (C=O) groups excluding carboxylic acids is 3. The molecule has 0 aromatic heterocycles. The molecule has 0 aliphatic carbocycles. The molecule has 6 heteroatoms. The lowest BCUT2D eigenvalue weighted by Crippen LogP contribution is -2.30. The van der Waals surface area contributed by atoms with Crippen LogP contribution in [0.1, 0.15) is 47.4 Å². The molecule has 0 bridgehead atoms. The number of amides is 3. The van der Waals surface area contributed by atoms with Gasteiger partial charge in [0.2, 0.25) is 5.91 Å². The fraction of sp³-hybridized carbons (Fsp3) is 0.318. The Labute approximate surface area is 165 Å². The van der Waals surface area contributed by atoms with Gasteiger partial charge in [0.15, 0.2) is 0 Å². The van der Waals surface area contributed by atoms with Crippen molar-refractivity contribution < 1.29 is 14.4 Å². The van der Waals surface area contributed by atoms with Crippen molar-refractivity contribution in [3.63, 3.8) is 0 Å². The fourth-order valence-corrected chi connectivity index (χ4v) is 2.79. The topological polar surface area (TPSA) is 78.5 Å². The normalized spacial score (nSPS) is 10.2. The third-order valence-corrected chi connectivity index (χ3v) is 4.35. The minimum absolute atomic E-state index is 0.0512. The number of hydrogen-bond donors (Lipinski definition) is 2. The third-order valence-electron chi connectivity index (χ3n) is 4.35. The van der Waals surface area contributed by atoms with Crippen LogP contribution in [0.4, 0.5) is 5.69 Å². The molecule has 2 aromatic rings. The first kappa shape index (κ1) is 21.2. The van der Waals surface area contributed by atoms with Crippen molar-refractivity contribution in [3.05, 3.63) is 65.7 Å². The van der Waals surface area contributed by atoms with Crippen LogP contribution in [0.25, 0.3) is 0 Å². The van der Waals surface area contributed by atoms with Crippen LogP contribution in [0.15, 0.2) is 54.6 Å². The molecule has 2 rings (SSSR count). The summed E-state index contributed by atoms with van der Waals surface area (Å²) in [5.74, 6) is -0.352. The quantitative estimate of drug-likeness (QED) is 0.654. The van der Waals surface area contributed by atoms with E-state index in [1.807, 2.05) is 32.0 Å². The maximum atomic E-state index is 12.4. The van der Waals surface area contributed by atoms with Gasteiger partial charge in [0, 0.05) is 42.9 Å². The summed E-state index contributed by atoms with van der Waals surface area (Å²) in [6, 6.07) is 15.9. The van der Waals surface area contributed by atoms with Crippen molar-refractivity contribution in [2.75, 3.05) is 25.0 Å². The Bertz CT molecular complexity index is 802. The minimum Gasteiger partial charge on any atom is -0.352 e. The van der Waals surface area contributed by atoms with Crippen molar-refractivity contribution >= 4 is 23.4 Å². The van der Waals surface area contributed by atoms with Crippen molar-refractivity contribution in [1.29, 1.82) is 0 Å². The van der Waals surface area contributed by atoms with Crippen molar-refractivity contribution in [2.24, 2.45) is 0 Å². The van der Waals surface area contributed by atoms with Crippen LogP contribution in [-0.2, 0) is 4.79 Å². The summed E-state index contributed by atoms with van der Waals surface area (Å²) < 4.78 is 0. The number of benzene rings is 2. The molecule has 0 spiro atoms. The zero-order valence-corrected chi connectivity index (χ0v) is 16.4. The Morgan fingerprint density at radius 2 is 1.57 bits per heavy atom. The third kappa shape index (κ3) is 6.23. The molecule has 0 saturated carbocycles. The largest absolute Gasteiger partial charge is 0.352 e. The molecule has 2 N–H and O–H groups in total. The van der Waals surface area contributed by atoms with Gasteiger partial charge in [-0.2, -0.15) is 0 Å². The molecule has 2 aromatic carbocycles. The van der Waals surface area contributed by atoms with Gasteiger partial charge in [0.1, 0.15) is 0 Å². The molecule has 0 radical (unpaired) electrons. The highest BCUT2D eigenvalue weighted by Gasteiger charge is 2.13. The Morgan fingerprint density at radius 1 is 0.893 bits per heavy atom. The van der Waals surface area contributed by atoms with E-state index < -0.39 is 0 Å². The van der Waals surface area contributed by atoms with Gasteiger partial charge in [-0.05, 0) is 50.6 Å². The number of carbonyl (C=O) groups is 3.